The molecule has 0 aliphatic carbocycles. The molecule has 7 nitrogen and oxygen atoms in total. The number of anilines is 1. The second-order valence-corrected chi connectivity index (χ2v) is 7.02. The maximum Gasteiger partial charge on any atom is 0.311 e. The minimum Gasteiger partial charge on any atom is -0.423 e. The fraction of sp³-hybridized carbons (Fsp3) is 0.389. The van der Waals surface area contributed by atoms with Crippen molar-refractivity contribution in [3.05, 3.63) is 50.1 Å². The van der Waals surface area contributed by atoms with E-state index >= 15 is 0 Å². The summed E-state index contributed by atoms with van der Waals surface area (Å²) >= 11 is 3.14. The summed E-state index contributed by atoms with van der Waals surface area (Å²) < 4.78 is 24.6. The lowest BCUT2D eigenvalue weighted by atomic mass is 10.1. The van der Waals surface area contributed by atoms with E-state index in [2.05, 4.69) is 25.9 Å². The highest BCUT2D eigenvalue weighted by Gasteiger charge is 2.17. The van der Waals surface area contributed by atoms with Gasteiger partial charge < -0.3 is 14.4 Å². The van der Waals surface area contributed by atoms with Crippen LogP contribution in [0.1, 0.15) is 17.7 Å². The van der Waals surface area contributed by atoms with Crippen LogP contribution in [0.25, 0.3) is 0 Å². The van der Waals surface area contributed by atoms with Crippen molar-refractivity contribution in [3.63, 3.8) is 0 Å². The molecule has 1 N–H and O–H groups in total. The van der Waals surface area contributed by atoms with E-state index in [1.54, 1.807) is 13.0 Å². The molecule has 144 valence electrons. The first-order chi connectivity index (χ1) is 12.9. The van der Waals surface area contributed by atoms with Crippen molar-refractivity contribution in [2.45, 2.75) is 19.8 Å². The Bertz CT molecular complexity index is 897. The Kier molecular flexibility index (Phi) is 6.22. The molecule has 1 aliphatic rings. The number of aromatic nitrogens is 2. The smallest absolute Gasteiger partial charge is 0.311 e. The van der Waals surface area contributed by atoms with E-state index in [-0.39, 0.29) is 24.2 Å². The number of hydrogen-bond donors (Lipinski definition) is 1. The Morgan fingerprint density at radius 2 is 2.15 bits per heavy atom. The fourth-order valence-electron chi connectivity index (χ4n) is 2.77. The van der Waals surface area contributed by atoms with Crippen LogP contribution in [0.15, 0.2) is 27.5 Å². The minimum atomic E-state index is -0.636. The van der Waals surface area contributed by atoms with Crippen LogP contribution < -0.4 is 15.2 Å². The molecule has 3 rings (SSSR count). The monoisotopic (exact) mass is 439 g/mol. The van der Waals surface area contributed by atoms with Crippen molar-refractivity contribution < 1.29 is 18.7 Å². The number of esters is 1. The topological polar surface area (TPSA) is 84.5 Å². The molecular weight excluding hydrogens is 421 g/mol. The van der Waals surface area contributed by atoms with Gasteiger partial charge in [0.05, 0.1) is 19.6 Å². The minimum absolute atomic E-state index is 0.0575. The number of carbonyl (C=O) groups is 1. The van der Waals surface area contributed by atoms with Crippen molar-refractivity contribution in [2.24, 2.45) is 0 Å². The molecule has 0 atom stereocenters. The van der Waals surface area contributed by atoms with Gasteiger partial charge in [-0.25, -0.2) is 9.37 Å². The highest BCUT2D eigenvalue weighted by Crippen LogP contribution is 2.22. The van der Waals surface area contributed by atoms with Gasteiger partial charge in [0.15, 0.2) is 11.6 Å². The Hall–Kier alpha value is -2.26. The predicted octanol–water partition coefficient (Wildman–Crippen LogP) is 2.35. The van der Waals surface area contributed by atoms with E-state index < -0.39 is 11.8 Å². The Morgan fingerprint density at radius 3 is 2.81 bits per heavy atom. The summed E-state index contributed by atoms with van der Waals surface area (Å²) in [5.74, 6) is -0.894. The van der Waals surface area contributed by atoms with Gasteiger partial charge in [0.1, 0.15) is 0 Å². The molecule has 0 unspecified atom stereocenters. The number of H-pyrrole nitrogens is 1. The molecule has 2 heterocycles. The average Bonchev–Trinajstić information content (AvgIpc) is 2.64. The van der Waals surface area contributed by atoms with Crippen molar-refractivity contribution in [3.8, 4) is 5.75 Å². The lowest BCUT2D eigenvalue weighted by molar-refractivity contribution is -0.134. The Morgan fingerprint density at radius 1 is 1.41 bits per heavy atom. The van der Waals surface area contributed by atoms with Gasteiger partial charge in [-0.3, -0.25) is 14.6 Å². The van der Waals surface area contributed by atoms with Gasteiger partial charge in [-0.1, -0.05) is 15.9 Å². The van der Waals surface area contributed by atoms with Crippen LogP contribution >= 0.6 is 15.9 Å². The first-order valence-electron chi connectivity index (χ1n) is 8.52. The van der Waals surface area contributed by atoms with Crippen molar-refractivity contribution in [1.82, 2.24) is 9.97 Å². The Labute approximate surface area is 163 Å². The number of carbonyl (C=O) groups excluding carboxylic acids is 1. The number of morpholine rings is 1. The average molecular weight is 440 g/mol. The number of ether oxygens (including phenoxy) is 2. The molecule has 1 aliphatic heterocycles. The van der Waals surface area contributed by atoms with E-state index in [9.17, 15) is 14.0 Å². The molecule has 1 saturated heterocycles. The van der Waals surface area contributed by atoms with E-state index in [4.69, 9.17) is 9.47 Å². The van der Waals surface area contributed by atoms with Crippen LogP contribution in [0.3, 0.4) is 0 Å². The Balaban J connectivity index is 1.65. The van der Waals surface area contributed by atoms with Gasteiger partial charge in [0.25, 0.3) is 5.56 Å². The second kappa shape index (κ2) is 8.62. The summed E-state index contributed by atoms with van der Waals surface area (Å²) in [5.41, 5.74) is 0.690. The van der Waals surface area contributed by atoms with Crippen LogP contribution in [0, 0.1) is 12.7 Å². The zero-order valence-corrected chi connectivity index (χ0v) is 16.3. The molecular formula is C18H19BrFN3O4. The van der Waals surface area contributed by atoms with Gasteiger partial charge >= 0.3 is 5.97 Å². The molecule has 9 heteroatoms. The number of nitrogens with zero attached hydrogens (tertiary/aromatic N) is 2. The van der Waals surface area contributed by atoms with Gasteiger partial charge in [-0.15, -0.1) is 0 Å². The highest BCUT2D eigenvalue weighted by molar-refractivity contribution is 9.10. The number of rotatable bonds is 5. The van der Waals surface area contributed by atoms with Gasteiger partial charge in [-0.05, 0) is 31.5 Å². The molecule has 1 fully saturated rings. The molecule has 0 spiro atoms. The van der Waals surface area contributed by atoms with Crippen LogP contribution in [0.5, 0.6) is 5.75 Å². The maximum atomic E-state index is 13.7. The lowest BCUT2D eigenvalue weighted by Crippen LogP contribution is -2.38. The maximum absolute atomic E-state index is 13.7. The van der Waals surface area contributed by atoms with E-state index in [0.717, 1.165) is 0 Å². The normalized spacial score (nSPS) is 14.3. The van der Waals surface area contributed by atoms with Gasteiger partial charge in [0.2, 0.25) is 5.95 Å². The van der Waals surface area contributed by atoms with Crippen LogP contribution in [0.2, 0.25) is 0 Å². The zero-order chi connectivity index (χ0) is 19.4. The van der Waals surface area contributed by atoms with E-state index in [1.165, 1.54) is 12.1 Å². The van der Waals surface area contributed by atoms with Crippen molar-refractivity contribution >= 4 is 27.8 Å². The summed E-state index contributed by atoms with van der Waals surface area (Å²) in [6, 6.07) is 4.16. The molecule has 0 saturated carbocycles. The number of benzene rings is 1. The number of aromatic amines is 1. The van der Waals surface area contributed by atoms with Crippen LogP contribution in [0.4, 0.5) is 10.3 Å². The third-order valence-electron chi connectivity index (χ3n) is 4.22. The largest absolute Gasteiger partial charge is 0.423 e. The molecule has 0 amide bonds. The molecule has 2 aromatic rings. The molecule has 0 radical (unpaired) electrons. The van der Waals surface area contributed by atoms with E-state index in [0.29, 0.717) is 48.0 Å². The number of halogens is 2. The predicted molar refractivity (Wildman–Crippen MR) is 101 cm³/mol. The van der Waals surface area contributed by atoms with Gasteiger partial charge in [-0.2, -0.15) is 0 Å². The summed E-state index contributed by atoms with van der Waals surface area (Å²) in [4.78, 5) is 33.6. The standard InChI is InChI=1S/C18H19BrFN3O4/c1-11-13(17(25)22-18(21-11)23-6-8-26-9-7-23)3-5-16(24)27-15-4-2-12(19)10-14(15)20/h2,4,10H,3,5-9H2,1H3,(H,21,22,25). The molecule has 1 aromatic carbocycles. The molecule has 0 bridgehead atoms. The quantitative estimate of drug-likeness (QED) is 0.568. The van der Waals surface area contributed by atoms with Crippen LogP contribution in [-0.2, 0) is 16.0 Å². The summed E-state index contributed by atoms with van der Waals surface area (Å²) in [6.45, 7) is 4.22. The lowest BCUT2D eigenvalue weighted by Gasteiger charge is -2.27. The SMILES string of the molecule is Cc1nc(N2CCOCC2)[nH]c(=O)c1CCC(=O)Oc1ccc(Br)cc1F. The summed E-state index contributed by atoms with van der Waals surface area (Å²) in [6.07, 6.45) is 0.104. The molecule has 27 heavy (non-hydrogen) atoms. The molecule has 1 aromatic heterocycles. The number of nitrogens with one attached hydrogen (secondary N) is 1. The van der Waals surface area contributed by atoms with Crippen LogP contribution in [-0.4, -0.2) is 42.2 Å². The first kappa shape index (κ1) is 19.5. The summed E-state index contributed by atoms with van der Waals surface area (Å²) in [5, 5.41) is 0. The third-order valence-corrected chi connectivity index (χ3v) is 4.71. The fourth-order valence-corrected chi connectivity index (χ4v) is 3.11. The summed E-state index contributed by atoms with van der Waals surface area (Å²) in [7, 11) is 0. The van der Waals surface area contributed by atoms with Crippen molar-refractivity contribution in [1.29, 1.82) is 0 Å². The number of hydrogen-bond acceptors (Lipinski definition) is 6. The third kappa shape index (κ3) is 4.92. The number of aryl methyl sites for hydroxylation is 1. The zero-order valence-electron chi connectivity index (χ0n) is 14.8. The highest BCUT2D eigenvalue weighted by atomic mass is 79.9. The first-order valence-corrected chi connectivity index (χ1v) is 9.31. The van der Waals surface area contributed by atoms with Crippen molar-refractivity contribution in [2.75, 3.05) is 31.2 Å². The van der Waals surface area contributed by atoms with E-state index in [1.807, 2.05) is 4.90 Å². The van der Waals surface area contributed by atoms with Gasteiger partial charge in [0, 0.05) is 28.8 Å². The second-order valence-electron chi connectivity index (χ2n) is 6.10.